The predicted molar refractivity (Wildman–Crippen MR) is 82.9 cm³/mol. The second kappa shape index (κ2) is 6.51. The lowest BCUT2D eigenvalue weighted by atomic mass is 10.1. The molecule has 0 spiro atoms. The molecule has 1 aliphatic heterocycles. The number of aryl methyl sites for hydroxylation is 1. The van der Waals surface area contributed by atoms with E-state index in [-0.39, 0.29) is 12.1 Å². The molecule has 0 aliphatic carbocycles. The van der Waals surface area contributed by atoms with Crippen molar-refractivity contribution in [3.8, 4) is 5.75 Å². The Hall–Kier alpha value is -2.50. The molecule has 0 bridgehead atoms. The van der Waals surface area contributed by atoms with Gasteiger partial charge in [0.05, 0.1) is 12.7 Å². The molecule has 0 radical (unpaired) electrons. The van der Waals surface area contributed by atoms with Crippen LogP contribution in [0, 0.1) is 0 Å². The molecule has 2 heterocycles. The van der Waals surface area contributed by atoms with Crippen molar-refractivity contribution in [2.45, 2.75) is 18.9 Å². The maximum absolute atomic E-state index is 11.8. The Kier molecular flexibility index (Phi) is 4.27. The molecular formula is C16H20N4O2. The third-order valence-corrected chi connectivity index (χ3v) is 3.66. The van der Waals surface area contributed by atoms with Gasteiger partial charge >= 0.3 is 6.03 Å². The van der Waals surface area contributed by atoms with Crippen LogP contribution in [0.5, 0.6) is 5.75 Å². The molecule has 0 unspecified atom stereocenters. The number of urea groups is 1. The van der Waals surface area contributed by atoms with Crippen LogP contribution < -0.4 is 15.4 Å². The van der Waals surface area contributed by atoms with E-state index in [0.717, 1.165) is 24.2 Å². The lowest BCUT2D eigenvalue weighted by Crippen LogP contribution is -2.41. The first-order valence-electron chi connectivity index (χ1n) is 7.44. The summed E-state index contributed by atoms with van der Waals surface area (Å²) in [4.78, 5) is 11.8. The van der Waals surface area contributed by atoms with Crippen LogP contribution in [-0.4, -0.2) is 35.0 Å². The Bertz CT molecular complexity index is 628. The van der Waals surface area contributed by atoms with Gasteiger partial charge in [-0.05, 0) is 23.6 Å². The molecule has 116 valence electrons. The fourth-order valence-corrected chi connectivity index (χ4v) is 2.56. The minimum atomic E-state index is -0.163. The first-order valence-corrected chi connectivity index (χ1v) is 7.44. The first kappa shape index (κ1) is 14.4. The Morgan fingerprint density at radius 2 is 2.27 bits per heavy atom. The van der Waals surface area contributed by atoms with E-state index in [2.05, 4.69) is 21.8 Å². The summed E-state index contributed by atoms with van der Waals surface area (Å²) in [5, 5.41) is 9.79. The zero-order valence-electron chi connectivity index (χ0n) is 12.6. The van der Waals surface area contributed by atoms with Gasteiger partial charge in [-0.2, -0.15) is 5.10 Å². The quantitative estimate of drug-likeness (QED) is 0.873. The van der Waals surface area contributed by atoms with E-state index in [1.165, 1.54) is 5.56 Å². The highest BCUT2D eigenvalue weighted by molar-refractivity contribution is 5.73. The number of para-hydroxylation sites is 1. The van der Waals surface area contributed by atoms with Gasteiger partial charge in [-0.3, -0.25) is 4.68 Å². The smallest absolute Gasteiger partial charge is 0.314 e. The second-order valence-electron chi connectivity index (χ2n) is 5.46. The number of nitrogens with zero attached hydrogens (tertiary/aromatic N) is 2. The molecule has 0 saturated carbocycles. The monoisotopic (exact) mass is 300 g/mol. The molecule has 3 rings (SSSR count). The number of rotatable bonds is 5. The summed E-state index contributed by atoms with van der Waals surface area (Å²) in [6.07, 6.45) is 5.38. The topological polar surface area (TPSA) is 68.2 Å². The summed E-state index contributed by atoms with van der Waals surface area (Å²) in [5.41, 5.74) is 2.31. The fraction of sp³-hybridized carbons (Fsp3) is 0.375. The van der Waals surface area contributed by atoms with Crippen LogP contribution in [-0.2, 0) is 19.9 Å². The molecule has 0 saturated heterocycles. The third kappa shape index (κ3) is 3.58. The van der Waals surface area contributed by atoms with Crippen LogP contribution >= 0.6 is 0 Å². The standard InChI is InChI=1S/C16H20N4O2/c1-20-11-12(9-19-20)6-7-17-16(21)18-10-14-8-13-4-2-3-5-15(13)22-14/h2-5,9,11,14H,6-8,10H2,1H3,(H2,17,18,21)/t14-/m1/s1. The average molecular weight is 300 g/mol. The lowest BCUT2D eigenvalue weighted by molar-refractivity contribution is 0.214. The summed E-state index contributed by atoms with van der Waals surface area (Å²) in [6.45, 7) is 1.09. The number of nitrogens with one attached hydrogen (secondary N) is 2. The maximum Gasteiger partial charge on any atom is 0.314 e. The largest absolute Gasteiger partial charge is 0.488 e. The average Bonchev–Trinajstić information content (AvgIpc) is 3.11. The number of carbonyl (C=O) groups is 1. The minimum absolute atomic E-state index is 0.0153. The van der Waals surface area contributed by atoms with E-state index in [1.54, 1.807) is 4.68 Å². The highest BCUT2D eigenvalue weighted by Gasteiger charge is 2.22. The molecule has 2 N–H and O–H groups in total. The van der Waals surface area contributed by atoms with Gasteiger partial charge in [0.2, 0.25) is 0 Å². The minimum Gasteiger partial charge on any atom is -0.488 e. The number of hydrogen-bond acceptors (Lipinski definition) is 3. The number of aromatic nitrogens is 2. The lowest BCUT2D eigenvalue weighted by Gasteiger charge is -2.12. The molecule has 22 heavy (non-hydrogen) atoms. The van der Waals surface area contributed by atoms with Crippen molar-refractivity contribution < 1.29 is 9.53 Å². The fourth-order valence-electron chi connectivity index (χ4n) is 2.56. The molecule has 1 aromatic heterocycles. The van der Waals surface area contributed by atoms with Crippen LogP contribution in [0.2, 0.25) is 0 Å². The van der Waals surface area contributed by atoms with Crippen LogP contribution in [0.15, 0.2) is 36.7 Å². The van der Waals surface area contributed by atoms with Gasteiger partial charge < -0.3 is 15.4 Å². The summed E-state index contributed by atoms with van der Waals surface area (Å²) in [5.74, 6) is 0.922. The van der Waals surface area contributed by atoms with E-state index in [4.69, 9.17) is 4.74 Å². The molecule has 1 aliphatic rings. The van der Waals surface area contributed by atoms with Crippen molar-refractivity contribution in [2.75, 3.05) is 13.1 Å². The summed E-state index contributed by atoms with van der Waals surface area (Å²) < 4.78 is 7.53. The van der Waals surface area contributed by atoms with Crippen LogP contribution in [0.25, 0.3) is 0 Å². The summed E-state index contributed by atoms with van der Waals surface area (Å²) >= 11 is 0. The predicted octanol–water partition coefficient (Wildman–Crippen LogP) is 1.27. The number of ether oxygens (including phenoxy) is 1. The molecule has 2 aromatic rings. The van der Waals surface area contributed by atoms with Gasteiger partial charge in [-0.1, -0.05) is 18.2 Å². The van der Waals surface area contributed by atoms with Crippen molar-refractivity contribution >= 4 is 6.03 Å². The van der Waals surface area contributed by atoms with E-state index < -0.39 is 0 Å². The molecular weight excluding hydrogens is 280 g/mol. The Balaban J connectivity index is 1.35. The number of fused-ring (bicyclic) bond motifs is 1. The van der Waals surface area contributed by atoms with E-state index in [0.29, 0.717) is 13.1 Å². The van der Waals surface area contributed by atoms with Gasteiger partial charge in [-0.15, -0.1) is 0 Å². The number of amides is 2. The third-order valence-electron chi connectivity index (χ3n) is 3.66. The highest BCUT2D eigenvalue weighted by atomic mass is 16.5. The Labute approximate surface area is 129 Å². The first-order chi connectivity index (χ1) is 10.7. The van der Waals surface area contributed by atoms with Crippen LogP contribution in [0.1, 0.15) is 11.1 Å². The van der Waals surface area contributed by atoms with Crippen molar-refractivity contribution in [2.24, 2.45) is 7.05 Å². The SMILES string of the molecule is Cn1cc(CCNC(=O)NC[C@H]2Cc3ccccc3O2)cn1. The number of carbonyl (C=O) groups excluding carboxylic acids is 1. The highest BCUT2D eigenvalue weighted by Crippen LogP contribution is 2.27. The summed E-state index contributed by atoms with van der Waals surface area (Å²) in [6, 6.07) is 7.82. The Morgan fingerprint density at radius 3 is 3.05 bits per heavy atom. The zero-order valence-corrected chi connectivity index (χ0v) is 12.6. The maximum atomic E-state index is 11.8. The second-order valence-corrected chi connectivity index (χ2v) is 5.46. The van der Waals surface area contributed by atoms with Gasteiger partial charge in [0.15, 0.2) is 0 Å². The number of hydrogen-bond donors (Lipinski definition) is 2. The Morgan fingerprint density at radius 1 is 1.41 bits per heavy atom. The van der Waals surface area contributed by atoms with Crippen LogP contribution in [0.4, 0.5) is 4.79 Å². The van der Waals surface area contributed by atoms with Gasteiger partial charge in [-0.25, -0.2) is 4.79 Å². The van der Waals surface area contributed by atoms with Gasteiger partial charge in [0.25, 0.3) is 0 Å². The zero-order chi connectivity index (χ0) is 15.4. The van der Waals surface area contributed by atoms with Gasteiger partial charge in [0.1, 0.15) is 11.9 Å². The van der Waals surface area contributed by atoms with E-state index in [9.17, 15) is 4.79 Å². The molecule has 2 amide bonds. The molecule has 6 heteroatoms. The van der Waals surface area contributed by atoms with Crippen LogP contribution in [0.3, 0.4) is 0 Å². The molecule has 1 atom stereocenters. The normalized spacial score (nSPS) is 16.0. The molecule has 0 fully saturated rings. The van der Waals surface area contributed by atoms with Crippen molar-refractivity contribution in [3.63, 3.8) is 0 Å². The van der Waals surface area contributed by atoms with Crippen molar-refractivity contribution in [3.05, 3.63) is 47.8 Å². The van der Waals surface area contributed by atoms with E-state index in [1.807, 2.05) is 37.6 Å². The van der Waals surface area contributed by atoms with Crippen molar-refractivity contribution in [1.82, 2.24) is 20.4 Å². The van der Waals surface area contributed by atoms with E-state index >= 15 is 0 Å². The molecule has 1 aromatic carbocycles. The number of benzene rings is 1. The van der Waals surface area contributed by atoms with Crippen molar-refractivity contribution in [1.29, 1.82) is 0 Å². The molecule has 6 nitrogen and oxygen atoms in total. The van der Waals surface area contributed by atoms with Gasteiger partial charge in [0, 0.05) is 26.2 Å². The summed E-state index contributed by atoms with van der Waals surface area (Å²) in [7, 11) is 1.88.